The number of carboxylic acids is 1. The smallest absolute Gasteiger partial charge is 0.303 e. The van der Waals surface area contributed by atoms with Crippen LogP contribution in [0.3, 0.4) is 0 Å². The van der Waals surface area contributed by atoms with Crippen LogP contribution in [0, 0.1) is 6.92 Å². The lowest BCUT2D eigenvalue weighted by Gasteiger charge is -2.12. The molecule has 0 fully saturated rings. The number of rotatable bonds is 7. The molecule has 0 saturated carbocycles. The number of aryl methyl sites for hydroxylation is 1. The van der Waals surface area contributed by atoms with Crippen LogP contribution in [0.1, 0.15) is 25.3 Å². The van der Waals surface area contributed by atoms with Crippen LogP contribution in [0.5, 0.6) is 0 Å². The Morgan fingerprint density at radius 2 is 1.95 bits per heavy atom. The summed E-state index contributed by atoms with van der Waals surface area (Å²) in [6, 6.07) is 4.87. The van der Waals surface area contributed by atoms with Gasteiger partial charge < -0.3 is 10.4 Å². The van der Waals surface area contributed by atoms with Crippen LogP contribution in [0.4, 0.5) is 11.4 Å². The molecule has 0 heterocycles. The predicted octanol–water partition coefficient (Wildman–Crippen LogP) is 1.56. The molecule has 1 aromatic carbocycles. The van der Waals surface area contributed by atoms with E-state index in [1.165, 1.54) is 13.0 Å². The topological polar surface area (TPSA) is 113 Å². The standard InChI is InChI=1S/C13H18N2O5S/c1-9-5-6-11(14-10(2)16)8-12(9)15-21(19,20)7-3-4-13(17)18/h5-6,8,15H,3-4,7H2,1-2H3,(H,14,16)(H,17,18). The number of aliphatic carboxylic acids is 1. The molecule has 0 aromatic heterocycles. The number of sulfonamides is 1. The second-order valence-corrected chi connectivity index (χ2v) is 6.47. The highest BCUT2D eigenvalue weighted by Crippen LogP contribution is 2.21. The van der Waals surface area contributed by atoms with Crippen LogP contribution in [0.2, 0.25) is 0 Å². The van der Waals surface area contributed by atoms with Gasteiger partial charge in [-0.3, -0.25) is 14.3 Å². The summed E-state index contributed by atoms with van der Waals surface area (Å²) in [5.41, 5.74) is 1.54. The van der Waals surface area contributed by atoms with Crippen molar-refractivity contribution in [3.8, 4) is 0 Å². The number of benzene rings is 1. The summed E-state index contributed by atoms with van der Waals surface area (Å²) in [4.78, 5) is 21.4. The van der Waals surface area contributed by atoms with Crippen LogP contribution in [0.15, 0.2) is 18.2 Å². The Bertz CT molecular complexity index is 640. The van der Waals surface area contributed by atoms with Gasteiger partial charge in [-0.15, -0.1) is 0 Å². The molecule has 1 rings (SSSR count). The number of carbonyl (C=O) groups excluding carboxylic acids is 1. The zero-order valence-electron chi connectivity index (χ0n) is 11.8. The Balaban J connectivity index is 2.80. The first-order chi connectivity index (χ1) is 9.69. The van der Waals surface area contributed by atoms with Crippen molar-refractivity contribution in [1.82, 2.24) is 0 Å². The zero-order chi connectivity index (χ0) is 16.0. The Morgan fingerprint density at radius 3 is 2.52 bits per heavy atom. The summed E-state index contributed by atoms with van der Waals surface area (Å²) >= 11 is 0. The van der Waals surface area contributed by atoms with Gasteiger partial charge in [0.05, 0.1) is 11.4 Å². The summed E-state index contributed by atoms with van der Waals surface area (Å²) in [5, 5.41) is 11.1. The molecule has 3 N–H and O–H groups in total. The van der Waals surface area contributed by atoms with E-state index in [1.807, 2.05) is 0 Å². The summed E-state index contributed by atoms with van der Waals surface area (Å²) in [7, 11) is -3.62. The van der Waals surface area contributed by atoms with Crippen molar-refractivity contribution in [1.29, 1.82) is 0 Å². The predicted molar refractivity (Wildman–Crippen MR) is 79.8 cm³/mol. The SMILES string of the molecule is CC(=O)Nc1ccc(C)c(NS(=O)(=O)CCCC(=O)O)c1. The molecule has 21 heavy (non-hydrogen) atoms. The van der Waals surface area contributed by atoms with Crippen LogP contribution >= 0.6 is 0 Å². The number of hydrogen-bond acceptors (Lipinski definition) is 4. The highest BCUT2D eigenvalue weighted by molar-refractivity contribution is 7.92. The molecule has 1 amide bonds. The van der Waals surface area contributed by atoms with Crippen LogP contribution < -0.4 is 10.0 Å². The molecule has 0 atom stereocenters. The molecule has 7 nitrogen and oxygen atoms in total. The lowest BCUT2D eigenvalue weighted by molar-refractivity contribution is -0.137. The highest BCUT2D eigenvalue weighted by Gasteiger charge is 2.13. The average Bonchev–Trinajstić information content (AvgIpc) is 2.31. The van der Waals surface area contributed by atoms with Crippen molar-refractivity contribution in [3.63, 3.8) is 0 Å². The van der Waals surface area contributed by atoms with Crippen LogP contribution in [0.25, 0.3) is 0 Å². The average molecular weight is 314 g/mol. The van der Waals surface area contributed by atoms with Crippen molar-refractivity contribution >= 4 is 33.3 Å². The fourth-order valence-corrected chi connectivity index (χ4v) is 2.83. The minimum absolute atomic E-state index is 0.0368. The van der Waals surface area contributed by atoms with Gasteiger partial charge in [-0.05, 0) is 31.0 Å². The first-order valence-corrected chi connectivity index (χ1v) is 7.95. The van der Waals surface area contributed by atoms with Gasteiger partial charge in [-0.2, -0.15) is 0 Å². The van der Waals surface area contributed by atoms with E-state index in [9.17, 15) is 18.0 Å². The minimum Gasteiger partial charge on any atom is -0.481 e. The fraction of sp³-hybridized carbons (Fsp3) is 0.385. The third kappa shape index (κ3) is 6.26. The third-order valence-electron chi connectivity index (χ3n) is 2.63. The molecule has 0 spiro atoms. The van der Waals surface area contributed by atoms with E-state index in [1.54, 1.807) is 19.1 Å². The first kappa shape index (κ1) is 17.0. The van der Waals surface area contributed by atoms with Gasteiger partial charge in [0.2, 0.25) is 15.9 Å². The number of anilines is 2. The van der Waals surface area contributed by atoms with Crippen LogP contribution in [-0.2, 0) is 19.6 Å². The molecular formula is C13H18N2O5S. The molecule has 1 aromatic rings. The second-order valence-electron chi connectivity index (χ2n) is 4.63. The summed E-state index contributed by atoms with van der Waals surface area (Å²) in [5.74, 6) is -1.56. The van der Waals surface area contributed by atoms with E-state index in [0.717, 1.165) is 0 Å². The van der Waals surface area contributed by atoms with Gasteiger partial charge in [0, 0.05) is 19.0 Å². The molecule has 0 aliphatic rings. The minimum atomic E-state index is -3.62. The normalized spacial score (nSPS) is 11.0. The second kappa shape index (κ2) is 7.07. The summed E-state index contributed by atoms with van der Waals surface area (Å²) in [6.45, 7) is 3.09. The van der Waals surface area contributed by atoms with Crippen molar-refractivity contribution in [2.45, 2.75) is 26.7 Å². The van der Waals surface area contributed by atoms with Crippen molar-refractivity contribution in [3.05, 3.63) is 23.8 Å². The molecular weight excluding hydrogens is 296 g/mol. The quantitative estimate of drug-likeness (QED) is 0.707. The van der Waals surface area contributed by atoms with E-state index < -0.39 is 16.0 Å². The number of hydrogen-bond donors (Lipinski definition) is 3. The maximum absolute atomic E-state index is 11.9. The van der Waals surface area contributed by atoms with E-state index in [-0.39, 0.29) is 24.5 Å². The largest absolute Gasteiger partial charge is 0.481 e. The van der Waals surface area contributed by atoms with Gasteiger partial charge in [0.15, 0.2) is 0 Å². The Labute approximate surface area is 123 Å². The van der Waals surface area contributed by atoms with Crippen molar-refractivity contribution in [2.24, 2.45) is 0 Å². The summed E-state index contributed by atoms with van der Waals surface area (Å²) < 4.78 is 26.2. The molecule has 0 radical (unpaired) electrons. The van der Waals surface area contributed by atoms with E-state index >= 15 is 0 Å². The van der Waals surface area contributed by atoms with Gasteiger partial charge in [0.25, 0.3) is 0 Å². The molecule has 0 bridgehead atoms. The Hall–Kier alpha value is -2.09. The van der Waals surface area contributed by atoms with E-state index in [2.05, 4.69) is 10.0 Å². The third-order valence-corrected chi connectivity index (χ3v) is 3.98. The van der Waals surface area contributed by atoms with E-state index in [0.29, 0.717) is 16.9 Å². The number of carboxylic acid groups (broad SMARTS) is 1. The monoisotopic (exact) mass is 314 g/mol. The first-order valence-electron chi connectivity index (χ1n) is 6.30. The maximum Gasteiger partial charge on any atom is 0.303 e. The summed E-state index contributed by atoms with van der Waals surface area (Å²) in [6.07, 6.45) is -0.166. The number of nitrogens with one attached hydrogen (secondary N) is 2. The zero-order valence-corrected chi connectivity index (χ0v) is 12.7. The molecule has 0 aliphatic heterocycles. The van der Waals surface area contributed by atoms with Crippen molar-refractivity contribution in [2.75, 3.05) is 15.8 Å². The number of carbonyl (C=O) groups is 2. The molecule has 116 valence electrons. The maximum atomic E-state index is 11.9. The number of amides is 1. The molecule has 0 saturated heterocycles. The van der Waals surface area contributed by atoms with Gasteiger partial charge in [-0.25, -0.2) is 8.42 Å². The Morgan fingerprint density at radius 1 is 1.29 bits per heavy atom. The van der Waals surface area contributed by atoms with Gasteiger partial charge >= 0.3 is 5.97 Å². The molecule has 0 aliphatic carbocycles. The van der Waals surface area contributed by atoms with Gasteiger partial charge in [-0.1, -0.05) is 6.07 Å². The van der Waals surface area contributed by atoms with Crippen LogP contribution in [-0.4, -0.2) is 31.2 Å². The lowest BCUT2D eigenvalue weighted by Crippen LogP contribution is -2.18. The molecule has 0 unspecified atom stereocenters. The highest BCUT2D eigenvalue weighted by atomic mass is 32.2. The van der Waals surface area contributed by atoms with Gasteiger partial charge in [0.1, 0.15) is 0 Å². The Kier molecular flexibility index (Phi) is 5.71. The lowest BCUT2D eigenvalue weighted by atomic mass is 10.2. The van der Waals surface area contributed by atoms with Crippen molar-refractivity contribution < 1.29 is 23.1 Å². The van der Waals surface area contributed by atoms with E-state index in [4.69, 9.17) is 5.11 Å². The molecule has 8 heteroatoms. The fourth-order valence-electron chi connectivity index (χ4n) is 1.64.